The Morgan fingerprint density at radius 3 is 1.82 bits per heavy atom. The fourth-order valence-electron chi connectivity index (χ4n) is 3.00. The molecule has 2 rings (SSSR count). The van der Waals surface area contributed by atoms with Crippen LogP contribution >= 0.6 is 0 Å². The Hall–Kier alpha value is -3.74. The Labute approximate surface area is 190 Å². The van der Waals surface area contributed by atoms with Gasteiger partial charge >= 0.3 is 5.97 Å². The Kier molecular flexibility index (Phi) is 9.09. The van der Waals surface area contributed by atoms with Crippen molar-refractivity contribution in [3.63, 3.8) is 0 Å². The van der Waals surface area contributed by atoms with E-state index in [0.717, 1.165) is 0 Å². The summed E-state index contributed by atoms with van der Waals surface area (Å²) in [6.45, 7) is 4.90. The highest BCUT2D eigenvalue weighted by Crippen LogP contribution is 2.07. The maximum absolute atomic E-state index is 13.0. The van der Waals surface area contributed by atoms with Gasteiger partial charge in [-0.05, 0) is 12.8 Å². The first-order chi connectivity index (χ1) is 15.6. The van der Waals surface area contributed by atoms with Crippen molar-refractivity contribution >= 4 is 23.7 Å². The van der Waals surface area contributed by atoms with Crippen LogP contribution in [0, 0.1) is 5.92 Å². The summed E-state index contributed by atoms with van der Waals surface area (Å²) < 4.78 is 0. The quantitative estimate of drug-likeness (QED) is 0.196. The molecule has 0 bridgehead atoms. The zero-order valence-corrected chi connectivity index (χ0v) is 18.7. The number of carbonyl (C=O) groups excluding carboxylic acids is 3. The summed E-state index contributed by atoms with van der Waals surface area (Å²) >= 11 is 0. The van der Waals surface area contributed by atoms with Gasteiger partial charge < -0.3 is 36.8 Å². The number of carbonyl (C=O) groups is 4. The fourth-order valence-corrected chi connectivity index (χ4v) is 3.00. The number of aromatic amines is 2. The van der Waals surface area contributed by atoms with Crippen molar-refractivity contribution in [3.05, 3.63) is 36.4 Å². The number of H-pyrrole nitrogens is 2. The molecule has 0 aliphatic rings. The van der Waals surface area contributed by atoms with Gasteiger partial charge in [-0.15, -0.1) is 0 Å². The molecule has 0 radical (unpaired) electrons. The van der Waals surface area contributed by atoms with Crippen LogP contribution in [-0.2, 0) is 32.0 Å². The first kappa shape index (κ1) is 25.5. The minimum absolute atomic E-state index is 0.00721. The lowest BCUT2D eigenvalue weighted by Gasteiger charge is -2.26. The second-order valence-corrected chi connectivity index (χ2v) is 8.04. The van der Waals surface area contributed by atoms with Crippen molar-refractivity contribution in [2.24, 2.45) is 11.7 Å². The molecule has 3 amide bonds. The van der Waals surface area contributed by atoms with E-state index in [0.29, 0.717) is 11.4 Å². The number of imidazole rings is 2. The Morgan fingerprint density at radius 2 is 1.39 bits per heavy atom. The number of hydrogen-bond acceptors (Lipinski definition) is 7. The molecule has 2 aromatic rings. The number of aromatic nitrogens is 4. The lowest BCUT2D eigenvalue weighted by atomic mass is 10.0. The summed E-state index contributed by atoms with van der Waals surface area (Å²) in [5.74, 6) is -3.41. The van der Waals surface area contributed by atoms with E-state index in [4.69, 9.17) is 5.73 Å². The number of aliphatic carboxylic acids is 1. The van der Waals surface area contributed by atoms with Gasteiger partial charge in [0.2, 0.25) is 17.7 Å². The third kappa shape index (κ3) is 7.71. The van der Waals surface area contributed by atoms with E-state index >= 15 is 0 Å². The number of nitrogens with one attached hydrogen (secondary N) is 5. The number of rotatable bonds is 12. The second-order valence-electron chi connectivity index (χ2n) is 8.04. The first-order valence-corrected chi connectivity index (χ1v) is 10.4. The SMILES string of the molecule is CC(N)C(=O)NC(Cc1cnc[nH]1)C(=O)NC(C(=O)NC(Cc1cnc[nH]1)C(=O)O)C(C)C. The number of hydrogen-bond donors (Lipinski definition) is 7. The summed E-state index contributed by atoms with van der Waals surface area (Å²) in [7, 11) is 0. The summed E-state index contributed by atoms with van der Waals surface area (Å²) in [5, 5.41) is 17.1. The molecule has 2 aromatic heterocycles. The van der Waals surface area contributed by atoms with Gasteiger partial charge in [-0.3, -0.25) is 14.4 Å². The highest BCUT2D eigenvalue weighted by atomic mass is 16.4. The van der Waals surface area contributed by atoms with Crippen molar-refractivity contribution in [3.8, 4) is 0 Å². The molecule has 0 spiro atoms. The Morgan fingerprint density at radius 1 is 0.879 bits per heavy atom. The van der Waals surface area contributed by atoms with Crippen LogP contribution in [0.15, 0.2) is 25.0 Å². The topological polar surface area (TPSA) is 208 Å². The summed E-state index contributed by atoms with van der Waals surface area (Å²) in [6.07, 6.45) is 5.90. The smallest absolute Gasteiger partial charge is 0.326 e. The van der Waals surface area contributed by atoms with E-state index in [1.54, 1.807) is 13.8 Å². The highest BCUT2D eigenvalue weighted by molar-refractivity contribution is 5.94. The number of carboxylic acid groups (broad SMARTS) is 1. The average Bonchev–Trinajstić information content (AvgIpc) is 3.44. The molecule has 4 unspecified atom stereocenters. The molecule has 0 fully saturated rings. The lowest BCUT2D eigenvalue weighted by Crippen LogP contribution is -2.59. The predicted molar refractivity (Wildman–Crippen MR) is 116 cm³/mol. The van der Waals surface area contributed by atoms with Gasteiger partial charge in [-0.1, -0.05) is 13.8 Å². The number of carboxylic acids is 1. The van der Waals surface area contributed by atoms with Crippen LogP contribution in [-0.4, -0.2) is 72.9 Å². The molecule has 8 N–H and O–H groups in total. The molecular formula is C20H30N8O5. The van der Waals surface area contributed by atoms with Crippen LogP contribution in [0.3, 0.4) is 0 Å². The molecule has 13 heteroatoms. The molecular weight excluding hydrogens is 432 g/mol. The summed E-state index contributed by atoms with van der Waals surface area (Å²) in [4.78, 5) is 63.0. The van der Waals surface area contributed by atoms with Crippen molar-refractivity contribution in [2.45, 2.75) is 57.8 Å². The standard InChI is InChI=1S/C20H30N8O5/c1-10(2)16(19(31)27-15(20(32)33)5-13-7-23-9-25-13)28-18(30)14(26-17(29)11(3)21)4-12-6-22-8-24-12/h6-11,14-16H,4-5,21H2,1-3H3,(H,22,24)(H,23,25)(H,26,29)(H,27,31)(H,28,30)(H,32,33). The normalized spacial score (nSPS) is 14.7. The zero-order valence-electron chi connectivity index (χ0n) is 18.7. The number of nitrogens with zero attached hydrogens (tertiary/aromatic N) is 2. The van der Waals surface area contributed by atoms with E-state index in [1.807, 2.05) is 0 Å². The minimum Gasteiger partial charge on any atom is -0.480 e. The molecule has 0 aromatic carbocycles. The summed E-state index contributed by atoms with van der Waals surface area (Å²) in [5.41, 5.74) is 6.73. The van der Waals surface area contributed by atoms with Crippen molar-refractivity contribution in [1.82, 2.24) is 35.9 Å². The second kappa shape index (κ2) is 11.8. The largest absolute Gasteiger partial charge is 0.480 e. The highest BCUT2D eigenvalue weighted by Gasteiger charge is 2.32. The summed E-state index contributed by atoms with van der Waals surface area (Å²) in [6, 6.07) is -4.14. The van der Waals surface area contributed by atoms with E-state index < -0.39 is 47.9 Å². The van der Waals surface area contributed by atoms with Crippen molar-refractivity contribution in [2.75, 3.05) is 0 Å². The monoisotopic (exact) mass is 462 g/mol. The van der Waals surface area contributed by atoms with Gasteiger partial charge in [-0.2, -0.15) is 0 Å². The van der Waals surface area contributed by atoms with Crippen molar-refractivity contribution in [1.29, 1.82) is 0 Å². The van der Waals surface area contributed by atoms with E-state index in [-0.39, 0.29) is 18.8 Å². The Balaban J connectivity index is 2.12. The van der Waals surface area contributed by atoms with Gasteiger partial charge in [0, 0.05) is 36.6 Å². The molecule has 0 saturated carbocycles. The van der Waals surface area contributed by atoms with Crippen molar-refractivity contribution < 1.29 is 24.3 Å². The Bertz CT molecular complexity index is 926. The van der Waals surface area contributed by atoms with E-state index in [2.05, 4.69) is 35.9 Å². The van der Waals surface area contributed by atoms with Crippen LogP contribution in [0.2, 0.25) is 0 Å². The third-order valence-electron chi connectivity index (χ3n) is 4.87. The fraction of sp³-hybridized carbons (Fsp3) is 0.500. The predicted octanol–water partition coefficient (Wildman–Crippen LogP) is -1.54. The number of amides is 3. The molecule has 0 aliphatic heterocycles. The van der Waals surface area contributed by atoms with Crippen LogP contribution < -0.4 is 21.7 Å². The molecule has 0 aliphatic carbocycles. The van der Waals surface area contributed by atoms with Crippen LogP contribution in [0.5, 0.6) is 0 Å². The molecule has 33 heavy (non-hydrogen) atoms. The van der Waals surface area contributed by atoms with Gasteiger partial charge in [-0.25, -0.2) is 14.8 Å². The lowest BCUT2D eigenvalue weighted by molar-refractivity contribution is -0.142. The molecule has 13 nitrogen and oxygen atoms in total. The van der Waals surface area contributed by atoms with Crippen LogP contribution in [0.1, 0.15) is 32.2 Å². The maximum atomic E-state index is 13.0. The molecule has 2 heterocycles. The van der Waals surface area contributed by atoms with Gasteiger partial charge in [0.15, 0.2) is 0 Å². The van der Waals surface area contributed by atoms with Gasteiger partial charge in [0.05, 0.1) is 18.7 Å². The van der Waals surface area contributed by atoms with Gasteiger partial charge in [0.1, 0.15) is 18.1 Å². The molecule has 180 valence electrons. The molecule has 4 atom stereocenters. The third-order valence-corrected chi connectivity index (χ3v) is 4.87. The average molecular weight is 463 g/mol. The van der Waals surface area contributed by atoms with Gasteiger partial charge in [0.25, 0.3) is 0 Å². The first-order valence-electron chi connectivity index (χ1n) is 10.4. The number of nitrogens with two attached hydrogens (primary N) is 1. The molecule has 0 saturated heterocycles. The van der Waals surface area contributed by atoms with E-state index in [1.165, 1.54) is 32.0 Å². The van der Waals surface area contributed by atoms with E-state index in [9.17, 15) is 24.3 Å². The minimum atomic E-state index is -1.23. The van der Waals surface area contributed by atoms with Crippen LogP contribution in [0.25, 0.3) is 0 Å². The van der Waals surface area contributed by atoms with Crippen LogP contribution in [0.4, 0.5) is 0 Å². The zero-order chi connectivity index (χ0) is 24.5. The maximum Gasteiger partial charge on any atom is 0.326 e.